The van der Waals surface area contributed by atoms with Crippen molar-refractivity contribution in [2.45, 2.75) is 40.5 Å². The fraction of sp³-hybridized carbons (Fsp3) is 0.407. The van der Waals surface area contributed by atoms with Crippen LogP contribution in [0.2, 0.25) is 0 Å². The van der Waals surface area contributed by atoms with Gasteiger partial charge < -0.3 is 9.80 Å². The predicted molar refractivity (Wildman–Crippen MR) is 130 cm³/mol. The Balaban J connectivity index is 1.78. The standard InChI is InChI=1S/C27H33N3O2/c1-6-28-13-15-29(16-14-28)25-24(23-12-7-19(4)17-20(23)5)26(31)30(27(25)32)22-10-8-21(9-11-22)18(2)3/h7-12,17-18H,6,13-16H2,1-5H3. The molecule has 2 aromatic rings. The molecule has 0 aliphatic carbocycles. The summed E-state index contributed by atoms with van der Waals surface area (Å²) in [7, 11) is 0. The Morgan fingerprint density at radius 2 is 1.53 bits per heavy atom. The Labute approximate surface area is 191 Å². The zero-order chi connectivity index (χ0) is 23.0. The summed E-state index contributed by atoms with van der Waals surface area (Å²) in [6.07, 6.45) is 0. The molecule has 5 heteroatoms. The Hall–Kier alpha value is -2.92. The van der Waals surface area contributed by atoms with E-state index in [2.05, 4.69) is 36.6 Å². The normalized spacial score (nSPS) is 17.8. The van der Waals surface area contributed by atoms with Gasteiger partial charge in [0.05, 0.1) is 11.3 Å². The summed E-state index contributed by atoms with van der Waals surface area (Å²) in [6, 6.07) is 13.9. The minimum Gasteiger partial charge on any atom is -0.364 e. The summed E-state index contributed by atoms with van der Waals surface area (Å²) in [5.41, 5.74) is 5.91. The largest absolute Gasteiger partial charge is 0.364 e. The lowest BCUT2D eigenvalue weighted by Gasteiger charge is -2.36. The van der Waals surface area contributed by atoms with Crippen molar-refractivity contribution in [1.29, 1.82) is 0 Å². The highest BCUT2D eigenvalue weighted by Crippen LogP contribution is 2.37. The van der Waals surface area contributed by atoms with Gasteiger partial charge in [0.15, 0.2) is 0 Å². The smallest absolute Gasteiger partial charge is 0.282 e. The highest BCUT2D eigenvalue weighted by atomic mass is 16.2. The number of hydrogen-bond acceptors (Lipinski definition) is 4. The van der Waals surface area contributed by atoms with Crippen molar-refractivity contribution < 1.29 is 9.59 Å². The highest BCUT2D eigenvalue weighted by Gasteiger charge is 2.43. The second-order valence-corrected chi connectivity index (χ2v) is 9.16. The SMILES string of the molecule is CCN1CCN(C2=C(c3ccc(C)cc3C)C(=O)N(c3ccc(C(C)C)cc3)C2=O)CC1. The molecule has 32 heavy (non-hydrogen) atoms. The Kier molecular flexibility index (Phi) is 6.20. The average molecular weight is 432 g/mol. The lowest BCUT2D eigenvalue weighted by atomic mass is 9.97. The molecule has 2 amide bonds. The second-order valence-electron chi connectivity index (χ2n) is 9.16. The summed E-state index contributed by atoms with van der Waals surface area (Å²) in [4.78, 5) is 33.3. The van der Waals surface area contributed by atoms with Crippen LogP contribution < -0.4 is 4.90 Å². The van der Waals surface area contributed by atoms with Crippen molar-refractivity contribution in [3.63, 3.8) is 0 Å². The lowest BCUT2D eigenvalue weighted by Crippen LogP contribution is -2.47. The third kappa shape index (κ3) is 3.97. The van der Waals surface area contributed by atoms with Gasteiger partial charge >= 0.3 is 0 Å². The van der Waals surface area contributed by atoms with Crippen LogP contribution in [-0.2, 0) is 9.59 Å². The molecule has 0 spiro atoms. The van der Waals surface area contributed by atoms with Gasteiger partial charge in [-0.3, -0.25) is 9.59 Å². The van der Waals surface area contributed by atoms with Gasteiger partial charge in [0, 0.05) is 26.2 Å². The van der Waals surface area contributed by atoms with Gasteiger partial charge in [-0.15, -0.1) is 0 Å². The van der Waals surface area contributed by atoms with E-state index < -0.39 is 0 Å². The molecule has 5 nitrogen and oxygen atoms in total. The number of carbonyl (C=O) groups is 2. The van der Waals surface area contributed by atoms with Crippen LogP contribution in [0.15, 0.2) is 48.2 Å². The van der Waals surface area contributed by atoms with E-state index in [9.17, 15) is 9.59 Å². The number of nitrogens with zero attached hydrogens (tertiary/aromatic N) is 3. The first kappa shape index (κ1) is 22.3. The number of benzene rings is 2. The van der Waals surface area contributed by atoms with Crippen LogP contribution in [0, 0.1) is 13.8 Å². The first-order chi connectivity index (χ1) is 15.3. The average Bonchev–Trinajstić information content (AvgIpc) is 3.04. The number of carbonyl (C=O) groups excluding carboxylic acids is 2. The topological polar surface area (TPSA) is 43.9 Å². The molecule has 0 N–H and O–H groups in total. The van der Waals surface area contributed by atoms with E-state index in [0.717, 1.165) is 49.4 Å². The zero-order valence-corrected chi connectivity index (χ0v) is 19.8. The molecule has 0 bridgehead atoms. The number of likely N-dealkylation sites (N-methyl/N-ethyl adjacent to an activating group) is 1. The molecule has 168 valence electrons. The van der Waals surface area contributed by atoms with Gasteiger partial charge in [0.25, 0.3) is 11.8 Å². The fourth-order valence-corrected chi connectivity index (χ4v) is 4.68. The molecule has 4 rings (SSSR count). The highest BCUT2D eigenvalue weighted by molar-refractivity contribution is 6.45. The molecule has 1 fully saturated rings. The molecule has 0 radical (unpaired) electrons. The van der Waals surface area contributed by atoms with Crippen LogP contribution in [0.3, 0.4) is 0 Å². The van der Waals surface area contributed by atoms with Crippen LogP contribution in [-0.4, -0.2) is 54.3 Å². The molecule has 2 heterocycles. The second kappa shape index (κ2) is 8.91. The van der Waals surface area contributed by atoms with Crippen LogP contribution in [0.4, 0.5) is 5.69 Å². The van der Waals surface area contributed by atoms with Gasteiger partial charge in [-0.2, -0.15) is 0 Å². The van der Waals surface area contributed by atoms with E-state index in [1.807, 2.05) is 50.2 Å². The molecular formula is C27H33N3O2. The quantitative estimate of drug-likeness (QED) is 0.661. The molecule has 0 atom stereocenters. The molecule has 2 aliphatic rings. The lowest BCUT2D eigenvalue weighted by molar-refractivity contribution is -0.120. The number of piperazine rings is 1. The van der Waals surface area contributed by atoms with Crippen molar-refractivity contribution in [3.8, 4) is 0 Å². The van der Waals surface area contributed by atoms with Crippen LogP contribution in [0.5, 0.6) is 0 Å². The van der Waals surface area contributed by atoms with Gasteiger partial charge in [0.1, 0.15) is 5.70 Å². The van der Waals surface area contributed by atoms with Gasteiger partial charge in [-0.25, -0.2) is 4.90 Å². The summed E-state index contributed by atoms with van der Waals surface area (Å²) >= 11 is 0. The Morgan fingerprint density at radius 1 is 0.875 bits per heavy atom. The fourth-order valence-electron chi connectivity index (χ4n) is 4.68. The van der Waals surface area contributed by atoms with E-state index in [0.29, 0.717) is 22.9 Å². The molecule has 2 aromatic carbocycles. The van der Waals surface area contributed by atoms with Crippen LogP contribution in [0.25, 0.3) is 5.57 Å². The number of anilines is 1. The molecule has 0 unspecified atom stereocenters. The molecule has 1 saturated heterocycles. The molecular weight excluding hydrogens is 398 g/mol. The summed E-state index contributed by atoms with van der Waals surface area (Å²) in [6.45, 7) is 14.8. The molecule has 0 aromatic heterocycles. The van der Waals surface area contributed by atoms with Crippen molar-refractivity contribution in [2.75, 3.05) is 37.6 Å². The van der Waals surface area contributed by atoms with E-state index in [4.69, 9.17) is 0 Å². The maximum Gasteiger partial charge on any atom is 0.282 e. The summed E-state index contributed by atoms with van der Waals surface area (Å²) in [5.74, 6) is -0.0530. The molecule has 0 saturated carbocycles. The van der Waals surface area contributed by atoms with Crippen molar-refractivity contribution >= 4 is 23.1 Å². The van der Waals surface area contributed by atoms with Gasteiger partial charge in [0.2, 0.25) is 0 Å². The number of hydrogen-bond donors (Lipinski definition) is 0. The Bertz CT molecular complexity index is 1060. The van der Waals surface area contributed by atoms with E-state index in [1.54, 1.807) is 0 Å². The van der Waals surface area contributed by atoms with E-state index in [-0.39, 0.29) is 11.8 Å². The monoisotopic (exact) mass is 431 g/mol. The number of aryl methyl sites for hydroxylation is 2. The zero-order valence-electron chi connectivity index (χ0n) is 19.8. The first-order valence-corrected chi connectivity index (χ1v) is 11.6. The number of rotatable bonds is 5. The maximum absolute atomic E-state index is 13.8. The minimum absolute atomic E-state index is 0.216. The van der Waals surface area contributed by atoms with Gasteiger partial charge in [-0.05, 0) is 55.1 Å². The third-order valence-electron chi connectivity index (χ3n) is 6.66. The van der Waals surface area contributed by atoms with Crippen LogP contribution in [0.1, 0.15) is 48.9 Å². The van der Waals surface area contributed by atoms with Gasteiger partial charge in [-0.1, -0.05) is 56.7 Å². The molecule has 2 aliphatic heterocycles. The van der Waals surface area contributed by atoms with Crippen molar-refractivity contribution in [3.05, 3.63) is 70.4 Å². The summed E-state index contributed by atoms with van der Waals surface area (Å²) in [5, 5.41) is 0. The number of amides is 2. The predicted octanol–water partition coefficient (Wildman–Crippen LogP) is 4.35. The first-order valence-electron chi connectivity index (χ1n) is 11.6. The van der Waals surface area contributed by atoms with Crippen LogP contribution >= 0.6 is 0 Å². The number of imide groups is 1. The van der Waals surface area contributed by atoms with E-state index in [1.165, 1.54) is 10.5 Å². The maximum atomic E-state index is 13.8. The third-order valence-corrected chi connectivity index (χ3v) is 6.66. The minimum atomic E-state index is -0.229. The van der Waals surface area contributed by atoms with E-state index >= 15 is 0 Å². The summed E-state index contributed by atoms with van der Waals surface area (Å²) < 4.78 is 0. The van der Waals surface area contributed by atoms with Crippen molar-refractivity contribution in [1.82, 2.24) is 9.80 Å². The van der Waals surface area contributed by atoms with Crippen molar-refractivity contribution in [2.24, 2.45) is 0 Å². The Morgan fingerprint density at radius 3 is 2.09 bits per heavy atom.